The fourth-order valence-corrected chi connectivity index (χ4v) is 4.61. The molecule has 0 radical (unpaired) electrons. The highest BCUT2D eigenvalue weighted by molar-refractivity contribution is 9.08. The van der Waals surface area contributed by atoms with E-state index in [0.717, 1.165) is 21.3 Å². The number of hydrogen-bond donors (Lipinski definition) is 2. The highest BCUT2D eigenvalue weighted by atomic mass is 79.9. The number of carbonyl (C=O) groups is 2. The lowest BCUT2D eigenvalue weighted by molar-refractivity contribution is -0.116. The summed E-state index contributed by atoms with van der Waals surface area (Å²) >= 11 is 6.33. The largest absolute Gasteiger partial charge is 0.478 e. The van der Waals surface area contributed by atoms with E-state index in [4.69, 9.17) is 0 Å². The van der Waals surface area contributed by atoms with Crippen molar-refractivity contribution in [2.75, 3.05) is 5.32 Å². The third-order valence-electron chi connectivity index (χ3n) is 3.83. The number of carboxylic acids is 1. The van der Waals surface area contributed by atoms with Gasteiger partial charge in [-0.25, -0.2) is 4.79 Å². The molecule has 0 bridgehead atoms. The minimum Gasteiger partial charge on any atom is -0.478 e. The molecular formula is C19H16BrNO3S2. The Balaban J connectivity index is 1.78. The topological polar surface area (TPSA) is 66.4 Å². The van der Waals surface area contributed by atoms with E-state index in [0.29, 0.717) is 23.4 Å². The first-order chi connectivity index (χ1) is 12.6. The lowest BCUT2D eigenvalue weighted by Crippen LogP contribution is -2.14. The van der Waals surface area contributed by atoms with Gasteiger partial charge in [0.05, 0.1) is 10.6 Å². The zero-order chi connectivity index (χ0) is 18.5. The van der Waals surface area contributed by atoms with Crippen molar-refractivity contribution in [2.45, 2.75) is 18.2 Å². The van der Waals surface area contributed by atoms with Crippen LogP contribution in [0, 0.1) is 0 Å². The number of amides is 1. The van der Waals surface area contributed by atoms with Crippen LogP contribution in [0.1, 0.15) is 27.2 Å². The van der Waals surface area contributed by atoms with Crippen molar-refractivity contribution < 1.29 is 14.7 Å². The van der Waals surface area contributed by atoms with E-state index in [1.807, 2.05) is 41.8 Å². The molecule has 7 heteroatoms. The average molecular weight is 450 g/mol. The molecule has 0 fully saturated rings. The number of aromatic carboxylic acids is 1. The van der Waals surface area contributed by atoms with Crippen LogP contribution in [0.5, 0.6) is 0 Å². The predicted molar refractivity (Wildman–Crippen MR) is 111 cm³/mol. The van der Waals surface area contributed by atoms with Gasteiger partial charge in [-0.1, -0.05) is 46.3 Å². The van der Waals surface area contributed by atoms with Crippen LogP contribution in [0.15, 0.2) is 47.2 Å². The Kier molecular flexibility index (Phi) is 6.24. The van der Waals surface area contributed by atoms with Crippen LogP contribution in [-0.4, -0.2) is 17.0 Å². The van der Waals surface area contributed by atoms with Crippen LogP contribution in [0.4, 0.5) is 5.69 Å². The first-order valence-corrected chi connectivity index (χ1v) is 10.8. The molecule has 134 valence electrons. The summed E-state index contributed by atoms with van der Waals surface area (Å²) < 4.78 is 0. The Bertz CT molecular complexity index is 902. The second-order valence-electron chi connectivity index (χ2n) is 5.62. The van der Waals surface area contributed by atoms with Gasteiger partial charge in [-0.2, -0.15) is 0 Å². The van der Waals surface area contributed by atoms with Crippen LogP contribution >= 0.6 is 38.6 Å². The summed E-state index contributed by atoms with van der Waals surface area (Å²) in [5, 5.41) is 16.8. The molecule has 0 saturated carbocycles. The molecule has 0 atom stereocenters. The minimum absolute atomic E-state index is 0.145. The maximum absolute atomic E-state index is 12.2. The summed E-state index contributed by atoms with van der Waals surface area (Å²) in [7, 11) is 0. The number of rotatable bonds is 7. The number of thiophene rings is 2. The third-order valence-corrected chi connectivity index (χ3v) is 6.44. The summed E-state index contributed by atoms with van der Waals surface area (Å²) in [4.78, 5) is 25.8. The van der Waals surface area contributed by atoms with Gasteiger partial charge in [-0.05, 0) is 29.0 Å². The Morgan fingerprint density at radius 3 is 2.50 bits per heavy atom. The SMILES string of the molecule is O=C(CCc1cccs1)Nc1csc(-c2ccc(CBr)cc2)c1C(=O)O. The Labute approximate surface area is 167 Å². The smallest absolute Gasteiger partial charge is 0.339 e. The summed E-state index contributed by atoms with van der Waals surface area (Å²) in [6, 6.07) is 11.6. The fraction of sp³-hybridized carbons (Fsp3) is 0.158. The Hall–Kier alpha value is -1.96. The molecule has 3 aromatic rings. The molecule has 0 saturated heterocycles. The van der Waals surface area contributed by atoms with Gasteiger partial charge in [-0.3, -0.25) is 4.79 Å². The maximum Gasteiger partial charge on any atom is 0.339 e. The molecule has 2 N–H and O–H groups in total. The van der Waals surface area contributed by atoms with Gasteiger partial charge in [-0.15, -0.1) is 22.7 Å². The number of aryl methyl sites for hydroxylation is 1. The fourth-order valence-electron chi connectivity index (χ4n) is 2.52. The molecule has 2 aromatic heterocycles. The lowest BCUT2D eigenvalue weighted by atomic mass is 10.1. The molecule has 0 aliphatic rings. The van der Waals surface area contributed by atoms with Crippen LogP contribution in [0.2, 0.25) is 0 Å². The number of hydrogen-bond acceptors (Lipinski definition) is 4. The third kappa shape index (κ3) is 4.41. The molecule has 0 spiro atoms. The van der Waals surface area contributed by atoms with E-state index in [-0.39, 0.29) is 11.5 Å². The Morgan fingerprint density at radius 2 is 1.88 bits per heavy atom. The summed E-state index contributed by atoms with van der Waals surface area (Å²) in [6.07, 6.45) is 0.974. The second-order valence-corrected chi connectivity index (χ2v) is 8.09. The molecule has 0 aliphatic heterocycles. The number of halogens is 1. The van der Waals surface area contributed by atoms with E-state index >= 15 is 0 Å². The van der Waals surface area contributed by atoms with E-state index < -0.39 is 5.97 Å². The van der Waals surface area contributed by atoms with Crippen molar-refractivity contribution in [1.82, 2.24) is 0 Å². The highest BCUT2D eigenvalue weighted by Gasteiger charge is 2.21. The van der Waals surface area contributed by atoms with Crippen LogP contribution < -0.4 is 5.32 Å². The molecule has 4 nitrogen and oxygen atoms in total. The monoisotopic (exact) mass is 449 g/mol. The zero-order valence-electron chi connectivity index (χ0n) is 13.7. The van der Waals surface area contributed by atoms with E-state index in [2.05, 4.69) is 21.2 Å². The van der Waals surface area contributed by atoms with Gasteiger partial charge in [0.1, 0.15) is 5.56 Å². The number of carbonyl (C=O) groups excluding carboxylic acids is 1. The molecule has 1 amide bonds. The maximum atomic E-state index is 12.2. The number of carboxylic acid groups (broad SMARTS) is 1. The molecular weight excluding hydrogens is 434 g/mol. The number of nitrogens with one attached hydrogen (secondary N) is 1. The molecule has 3 rings (SSSR count). The lowest BCUT2D eigenvalue weighted by Gasteiger charge is -2.06. The average Bonchev–Trinajstić information content (AvgIpc) is 3.30. The summed E-state index contributed by atoms with van der Waals surface area (Å²) in [5.74, 6) is -1.22. The highest BCUT2D eigenvalue weighted by Crippen LogP contribution is 2.36. The van der Waals surface area contributed by atoms with Crippen LogP contribution in [0.3, 0.4) is 0 Å². The number of alkyl halides is 1. The normalized spacial score (nSPS) is 10.7. The molecule has 0 unspecified atom stereocenters. The van der Waals surface area contributed by atoms with Crippen molar-refractivity contribution in [3.63, 3.8) is 0 Å². The quantitative estimate of drug-likeness (QED) is 0.458. The second kappa shape index (κ2) is 8.62. The van der Waals surface area contributed by atoms with Crippen molar-refractivity contribution in [2.24, 2.45) is 0 Å². The molecule has 2 heterocycles. The van der Waals surface area contributed by atoms with E-state index in [1.54, 1.807) is 16.7 Å². The first kappa shape index (κ1) is 18.8. The van der Waals surface area contributed by atoms with Gasteiger partial charge in [0.15, 0.2) is 0 Å². The van der Waals surface area contributed by atoms with Crippen LogP contribution in [0.25, 0.3) is 10.4 Å². The minimum atomic E-state index is -1.04. The van der Waals surface area contributed by atoms with Gasteiger partial charge < -0.3 is 10.4 Å². The first-order valence-electron chi connectivity index (χ1n) is 7.90. The predicted octanol–water partition coefficient (Wildman–Crippen LogP) is 5.64. The van der Waals surface area contributed by atoms with Gasteiger partial charge >= 0.3 is 5.97 Å². The van der Waals surface area contributed by atoms with Gasteiger partial charge in [0.25, 0.3) is 0 Å². The van der Waals surface area contributed by atoms with Crippen molar-refractivity contribution >= 4 is 56.2 Å². The molecule has 26 heavy (non-hydrogen) atoms. The molecule has 0 aliphatic carbocycles. The van der Waals surface area contributed by atoms with E-state index in [9.17, 15) is 14.7 Å². The van der Waals surface area contributed by atoms with E-state index in [1.165, 1.54) is 11.3 Å². The van der Waals surface area contributed by atoms with Crippen molar-refractivity contribution in [3.05, 3.63) is 63.2 Å². The number of anilines is 1. The number of benzene rings is 1. The van der Waals surface area contributed by atoms with Gasteiger partial charge in [0, 0.05) is 22.0 Å². The summed E-state index contributed by atoms with van der Waals surface area (Å²) in [5.41, 5.74) is 2.45. The van der Waals surface area contributed by atoms with Crippen LogP contribution in [-0.2, 0) is 16.5 Å². The van der Waals surface area contributed by atoms with Crippen molar-refractivity contribution in [3.8, 4) is 10.4 Å². The standard InChI is InChI=1S/C19H16BrNO3S2/c20-10-12-3-5-13(6-4-12)18-17(19(23)24)15(11-26-18)21-16(22)8-7-14-2-1-9-25-14/h1-6,9,11H,7-8,10H2,(H,21,22)(H,23,24). The molecule has 1 aromatic carbocycles. The van der Waals surface area contributed by atoms with Gasteiger partial charge in [0.2, 0.25) is 5.91 Å². The summed E-state index contributed by atoms with van der Waals surface area (Å²) in [6.45, 7) is 0. The zero-order valence-corrected chi connectivity index (χ0v) is 16.9. The van der Waals surface area contributed by atoms with Crippen molar-refractivity contribution in [1.29, 1.82) is 0 Å². The Morgan fingerprint density at radius 1 is 1.12 bits per heavy atom.